The summed E-state index contributed by atoms with van der Waals surface area (Å²) in [5.41, 5.74) is 3.08. The number of benzene rings is 2. The zero-order valence-electron chi connectivity index (χ0n) is 11.0. The second kappa shape index (κ2) is 5.42. The number of amides is 1. The fourth-order valence-electron chi connectivity index (χ4n) is 2.03. The van der Waals surface area contributed by atoms with Crippen LogP contribution in [0.3, 0.4) is 0 Å². The van der Waals surface area contributed by atoms with E-state index in [4.69, 9.17) is 11.6 Å². The number of carbonyl (C=O) groups is 1. The van der Waals surface area contributed by atoms with Crippen LogP contribution in [0.5, 0.6) is 0 Å². The molecule has 0 fully saturated rings. The summed E-state index contributed by atoms with van der Waals surface area (Å²) in [6, 6.07) is 8.20. The second-order valence-corrected chi connectivity index (χ2v) is 5.81. The van der Waals surface area contributed by atoms with Crippen molar-refractivity contribution in [2.24, 2.45) is 0 Å². The Bertz CT molecular complexity index is 847. The maximum atomic E-state index is 14.0. The van der Waals surface area contributed by atoms with Crippen molar-refractivity contribution in [2.75, 3.05) is 5.32 Å². The molecule has 1 aromatic heterocycles. The standard InChI is InChI=1S/C15H10ClFN2OS/c1-8-3-2-4-9(12(8)17)15(20)19-13-10(16)5-6-11-14(13)18-7-21-11/h2-7H,1H3,(H,19,20). The Morgan fingerprint density at radius 2 is 2.14 bits per heavy atom. The molecule has 1 amide bonds. The monoisotopic (exact) mass is 320 g/mol. The molecule has 3 nitrogen and oxygen atoms in total. The van der Waals surface area contributed by atoms with Crippen molar-refractivity contribution < 1.29 is 9.18 Å². The van der Waals surface area contributed by atoms with E-state index in [1.807, 2.05) is 6.07 Å². The van der Waals surface area contributed by atoms with E-state index in [2.05, 4.69) is 10.3 Å². The van der Waals surface area contributed by atoms with Crippen LogP contribution in [0.25, 0.3) is 10.2 Å². The van der Waals surface area contributed by atoms with E-state index in [0.717, 1.165) is 4.70 Å². The lowest BCUT2D eigenvalue weighted by atomic mass is 10.1. The molecule has 2 aromatic carbocycles. The van der Waals surface area contributed by atoms with Gasteiger partial charge < -0.3 is 5.32 Å². The highest BCUT2D eigenvalue weighted by Crippen LogP contribution is 2.32. The van der Waals surface area contributed by atoms with Gasteiger partial charge >= 0.3 is 0 Å². The highest BCUT2D eigenvalue weighted by Gasteiger charge is 2.17. The van der Waals surface area contributed by atoms with Crippen molar-refractivity contribution in [1.82, 2.24) is 4.98 Å². The average Bonchev–Trinajstić information content (AvgIpc) is 2.93. The number of rotatable bonds is 2. The molecule has 0 bridgehead atoms. The zero-order valence-corrected chi connectivity index (χ0v) is 12.6. The van der Waals surface area contributed by atoms with Gasteiger partial charge in [-0.3, -0.25) is 4.79 Å². The number of anilines is 1. The summed E-state index contributed by atoms with van der Waals surface area (Å²) in [7, 11) is 0. The molecule has 0 atom stereocenters. The van der Waals surface area contributed by atoms with Crippen molar-refractivity contribution in [1.29, 1.82) is 0 Å². The van der Waals surface area contributed by atoms with Crippen LogP contribution in [-0.2, 0) is 0 Å². The largest absolute Gasteiger partial charge is 0.319 e. The third kappa shape index (κ3) is 2.50. The maximum Gasteiger partial charge on any atom is 0.258 e. The molecule has 0 spiro atoms. The van der Waals surface area contributed by atoms with Crippen LogP contribution in [0.1, 0.15) is 15.9 Å². The first kappa shape index (κ1) is 14.0. The van der Waals surface area contributed by atoms with Gasteiger partial charge in [0.1, 0.15) is 11.3 Å². The SMILES string of the molecule is Cc1cccc(C(=O)Nc2c(Cl)ccc3scnc23)c1F. The highest BCUT2D eigenvalue weighted by atomic mass is 35.5. The molecule has 0 unspecified atom stereocenters. The Morgan fingerprint density at radius 1 is 1.33 bits per heavy atom. The molecule has 21 heavy (non-hydrogen) atoms. The summed E-state index contributed by atoms with van der Waals surface area (Å²) in [6.45, 7) is 1.61. The zero-order chi connectivity index (χ0) is 15.0. The molecule has 0 saturated carbocycles. The molecule has 0 aliphatic carbocycles. The Morgan fingerprint density at radius 3 is 2.95 bits per heavy atom. The first-order chi connectivity index (χ1) is 10.1. The van der Waals surface area contributed by atoms with E-state index < -0.39 is 11.7 Å². The minimum Gasteiger partial charge on any atom is -0.319 e. The van der Waals surface area contributed by atoms with Crippen molar-refractivity contribution in [3.8, 4) is 0 Å². The molecule has 0 radical (unpaired) electrons. The summed E-state index contributed by atoms with van der Waals surface area (Å²) < 4.78 is 14.9. The fraction of sp³-hybridized carbons (Fsp3) is 0.0667. The van der Waals surface area contributed by atoms with Gasteiger partial charge in [-0.05, 0) is 30.7 Å². The fourth-order valence-corrected chi connectivity index (χ4v) is 2.91. The third-order valence-electron chi connectivity index (χ3n) is 3.13. The summed E-state index contributed by atoms with van der Waals surface area (Å²) in [4.78, 5) is 16.5. The van der Waals surface area contributed by atoms with E-state index >= 15 is 0 Å². The van der Waals surface area contributed by atoms with Crippen LogP contribution < -0.4 is 5.32 Å². The highest BCUT2D eigenvalue weighted by molar-refractivity contribution is 7.16. The molecular weight excluding hydrogens is 311 g/mol. The van der Waals surface area contributed by atoms with Gasteiger partial charge in [0.25, 0.3) is 5.91 Å². The van der Waals surface area contributed by atoms with E-state index in [1.54, 1.807) is 30.6 Å². The normalized spacial score (nSPS) is 10.8. The number of halogens is 2. The van der Waals surface area contributed by atoms with Crippen LogP contribution >= 0.6 is 22.9 Å². The van der Waals surface area contributed by atoms with Crippen molar-refractivity contribution >= 4 is 44.7 Å². The van der Waals surface area contributed by atoms with Crippen LogP contribution in [-0.4, -0.2) is 10.9 Å². The molecular formula is C15H10ClFN2OS. The molecule has 1 N–H and O–H groups in total. The number of hydrogen-bond donors (Lipinski definition) is 1. The number of fused-ring (bicyclic) bond motifs is 1. The van der Waals surface area contributed by atoms with Gasteiger partial charge in [-0.2, -0.15) is 0 Å². The lowest BCUT2D eigenvalue weighted by molar-refractivity contribution is 0.102. The lowest BCUT2D eigenvalue weighted by Gasteiger charge is -2.09. The molecule has 106 valence electrons. The molecule has 0 saturated heterocycles. The molecule has 3 aromatic rings. The van der Waals surface area contributed by atoms with Gasteiger partial charge in [-0.25, -0.2) is 9.37 Å². The summed E-state index contributed by atoms with van der Waals surface area (Å²) in [5, 5.41) is 3.03. The number of hydrogen-bond acceptors (Lipinski definition) is 3. The Hall–Kier alpha value is -1.98. The van der Waals surface area contributed by atoms with Crippen LogP contribution in [0.4, 0.5) is 10.1 Å². The van der Waals surface area contributed by atoms with Gasteiger partial charge in [-0.1, -0.05) is 23.7 Å². The Kier molecular flexibility index (Phi) is 3.61. The topological polar surface area (TPSA) is 42.0 Å². The summed E-state index contributed by atoms with van der Waals surface area (Å²) in [6.07, 6.45) is 0. The maximum absolute atomic E-state index is 14.0. The van der Waals surface area contributed by atoms with Gasteiger partial charge in [0.2, 0.25) is 0 Å². The Balaban J connectivity index is 2.02. The van der Waals surface area contributed by atoms with Crippen LogP contribution in [0, 0.1) is 12.7 Å². The lowest BCUT2D eigenvalue weighted by Crippen LogP contribution is -2.15. The quantitative estimate of drug-likeness (QED) is 0.746. The Labute approximate surface area is 129 Å². The molecule has 3 rings (SSSR count). The predicted octanol–water partition coefficient (Wildman–Crippen LogP) is 4.65. The number of carbonyl (C=O) groups excluding carboxylic acids is 1. The van der Waals surface area contributed by atoms with Gasteiger partial charge in [0, 0.05) is 0 Å². The van der Waals surface area contributed by atoms with Crippen molar-refractivity contribution in [2.45, 2.75) is 6.92 Å². The molecule has 0 aliphatic rings. The minimum absolute atomic E-state index is 0.0155. The van der Waals surface area contributed by atoms with Crippen molar-refractivity contribution in [3.05, 3.63) is 57.8 Å². The third-order valence-corrected chi connectivity index (χ3v) is 4.24. The smallest absolute Gasteiger partial charge is 0.258 e. The molecule has 0 aliphatic heterocycles. The first-order valence-corrected chi connectivity index (χ1v) is 7.42. The first-order valence-electron chi connectivity index (χ1n) is 6.16. The number of thiazole rings is 1. The number of nitrogens with one attached hydrogen (secondary N) is 1. The number of aromatic nitrogens is 1. The second-order valence-electron chi connectivity index (χ2n) is 4.51. The average molecular weight is 321 g/mol. The van der Waals surface area contributed by atoms with E-state index in [0.29, 0.717) is 21.8 Å². The summed E-state index contributed by atoms with van der Waals surface area (Å²) >= 11 is 7.56. The van der Waals surface area contributed by atoms with Gasteiger partial charge in [-0.15, -0.1) is 11.3 Å². The van der Waals surface area contributed by atoms with E-state index in [1.165, 1.54) is 17.4 Å². The van der Waals surface area contributed by atoms with E-state index in [-0.39, 0.29) is 5.56 Å². The molecule has 1 heterocycles. The molecule has 6 heteroatoms. The van der Waals surface area contributed by atoms with Gasteiger partial charge in [0.05, 0.1) is 26.5 Å². The van der Waals surface area contributed by atoms with Crippen molar-refractivity contribution in [3.63, 3.8) is 0 Å². The van der Waals surface area contributed by atoms with Crippen LogP contribution in [0.15, 0.2) is 35.8 Å². The number of aryl methyl sites for hydroxylation is 1. The van der Waals surface area contributed by atoms with E-state index in [9.17, 15) is 9.18 Å². The van der Waals surface area contributed by atoms with Gasteiger partial charge in [0.15, 0.2) is 0 Å². The van der Waals surface area contributed by atoms with Crippen LogP contribution in [0.2, 0.25) is 5.02 Å². The predicted molar refractivity (Wildman–Crippen MR) is 83.7 cm³/mol. The number of nitrogens with zero attached hydrogens (tertiary/aromatic N) is 1. The minimum atomic E-state index is -0.543. The summed E-state index contributed by atoms with van der Waals surface area (Å²) in [5.74, 6) is -1.07.